The first-order chi connectivity index (χ1) is 13.7. The zero-order valence-corrected chi connectivity index (χ0v) is 15.1. The molecule has 8 heteroatoms. The molecule has 28 heavy (non-hydrogen) atoms. The summed E-state index contributed by atoms with van der Waals surface area (Å²) < 4.78 is 1.65. The van der Waals surface area contributed by atoms with Gasteiger partial charge in [-0.2, -0.15) is 5.10 Å². The predicted molar refractivity (Wildman–Crippen MR) is 105 cm³/mol. The van der Waals surface area contributed by atoms with Crippen molar-refractivity contribution in [3.63, 3.8) is 0 Å². The second-order valence-corrected chi connectivity index (χ2v) is 6.59. The Morgan fingerprint density at radius 2 is 1.86 bits per heavy atom. The van der Waals surface area contributed by atoms with Crippen molar-refractivity contribution >= 4 is 23.3 Å². The van der Waals surface area contributed by atoms with Crippen LogP contribution in [0.5, 0.6) is 0 Å². The standard InChI is InChI=1S/C20H20N6O2/c27-19(14-7-8-14)24-16-5-1-6-17(12-16)25-20(28)22-13-15-4-2-9-21-18(15)26-11-3-10-23-26/h1-6,9-12,14H,7-8,13H2,(H,24,27)(H2,22,25,28). The summed E-state index contributed by atoms with van der Waals surface area (Å²) in [7, 11) is 0. The third-order valence-corrected chi connectivity index (χ3v) is 4.36. The molecule has 0 atom stereocenters. The van der Waals surface area contributed by atoms with E-state index in [4.69, 9.17) is 0 Å². The molecule has 8 nitrogen and oxygen atoms in total. The van der Waals surface area contributed by atoms with Crippen molar-refractivity contribution in [1.82, 2.24) is 20.1 Å². The van der Waals surface area contributed by atoms with Gasteiger partial charge in [-0.15, -0.1) is 0 Å². The van der Waals surface area contributed by atoms with Crippen LogP contribution in [-0.2, 0) is 11.3 Å². The van der Waals surface area contributed by atoms with Gasteiger partial charge in [0.25, 0.3) is 0 Å². The fraction of sp³-hybridized carbons (Fsp3) is 0.200. The van der Waals surface area contributed by atoms with Crippen LogP contribution in [0.2, 0.25) is 0 Å². The zero-order valence-electron chi connectivity index (χ0n) is 15.1. The van der Waals surface area contributed by atoms with Gasteiger partial charge >= 0.3 is 6.03 Å². The number of pyridine rings is 1. The summed E-state index contributed by atoms with van der Waals surface area (Å²) in [5, 5.41) is 12.7. The van der Waals surface area contributed by atoms with Crippen LogP contribution in [0.25, 0.3) is 5.82 Å². The molecule has 0 unspecified atom stereocenters. The molecular formula is C20H20N6O2. The molecule has 0 saturated heterocycles. The minimum Gasteiger partial charge on any atom is -0.334 e. The van der Waals surface area contributed by atoms with Gasteiger partial charge in [0.1, 0.15) is 0 Å². The maximum Gasteiger partial charge on any atom is 0.319 e. The Bertz CT molecular complexity index is 982. The average molecular weight is 376 g/mol. The summed E-state index contributed by atoms with van der Waals surface area (Å²) in [5.41, 5.74) is 2.11. The van der Waals surface area contributed by atoms with Crippen LogP contribution in [0.1, 0.15) is 18.4 Å². The van der Waals surface area contributed by atoms with Crippen molar-refractivity contribution in [3.8, 4) is 5.82 Å². The Hall–Kier alpha value is -3.68. The number of nitrogens with one attached hydrogen (secondary N) is 3. The summed E-state index contributed by atoms with van der Waals surface area (Å²) >= 11 is 0. The minimum absolute atomic E-state index is 0.0318. The van der Waals surface area contributed by atoms with Gasteiger partial charge in [0.15, 0.2) is 5.82 Å². The molecule has 1 fully saturated rings. The highest BCUT2D eigenvalue weighted by Gasteiger charge is 2.29. The van der Waals surface area contributed by atoms with E-state index in [1.165, 1.54) is 0 Å². The van der Waals surface area contributed by atoms with Crippen LogP contribution in [-0.4, -0.2) is 26.7 Å². The molecule has 3 N–H and O–H groups in total. The van der Waals surface area contributed by atoms with Crippen molar-refractivity contribution in [1.29, 1.82) is 0 Å². The molecule has 3 amide bonds. The van der Waals surface area contributed by atoms with Crippen LogP contribution in [0.15, 0.2) is 61.1 Å². The SMILES string of the molecule is O=C(NCc1cccnc1-n1cccn1)Nc1cccc(NC(=O)C2CC2)c1. The molecule has 1 aliphatic carbocycles. The first-order valence-corrected chi connectivity index (χ1v) is 9.09. The van der Waals surface area contributed by atoms with Gasteiger partial charge in [-0.05, 0) is 43.2 Å². The van der Waals surface area contributed by atoms with Gasteiger partial charge in [0.2, 0.25) is 5.91 Å². The topological polar surface area (TPSA) is 101 Å². The van der Waals surface area contributed by atoms with Gasteiger partial charge < -0.3 is 16.0 Å². The summed E-state index contributed by atoms with van der Waals surface area (Å²) in [6, 6.07) is 12.3. The first-order valence-electron chi connectivity index (χ1n) is 9.09. The second kappa shape index (κ2) is 7.91. The van der Waals surface area contributed by atoms with Crippen LogP contribution >= 0.6 is 0 Å². The molecule has 0 bridgehead atoms. The average Bonchev–Trinajstić information content (AvgIpc) is 3.42. The molecule has 4 rings (SSSR count). The van der Waals surface area contributed by atoms with Gasteiger partial charge in [-0.25, -0.2) is 14.5 Å². The molecule has 0 aliphatic heterocycles. The van der Waals surface area contributed by atoms with E-state index in [1.54, 1.807) is 47.5 Å². The predicted octanol–water partition coefficient (Wildman–Crippen LogP) is 2.94. The third kappa shape index (κ3) is 4.35. The van der Waals surface area contributed by atoms with E-state index < -0.39 is 0 Å². The van der Waals surface area contributed by atoms with Crippen LogP contribution in [0, 0.1) is 5.92 Å². The van der Waals surface area contributed by atoms with Crippen LogP contribution in [0.4, 0.5) is 16.2 Å². The Balaban J connectivity index is 1.36. The largest absolute Gasteiger partial charge is 0.334 e. The monoisotopic (exact) mass is 376 g/mol. The maximum atomic E-state index is 12.3. The lowest BCUT2D eigenvalue weighted by molar-refractivity contribution is -0.117. The molecule has 142 valence electrons. The van der Waals surface area contributed by atoms with E-state index >= 15 is 0 Å². The summed E-state index contributed by atoms with van der Waals surface area (Å²) in [6.07, 6.45) is 7.05. The quantitative estimate of drug-likeness (QED) is 0.616. The normalized spacial score (nSPS) is 13.0. The van der Waals surface area contributed by atoms with Crippen LogP contribution < -0.4 is 16.0 Å². The van der Waals surface area contributed by atoms with E-state index in [0.717, 1.165) is 18.4 Å². The number of aromatic nitrogens is 3. The zero-order chi connectivity index (χ0) is 19.3. The van der Waals surface area contributed by atoms with Crippen molar-refractivity contribution in [2.24, 2.45) is 5.92 Å². The van der Waals surface area contributed by atoms with Crippen molar-refractivity contribution in [3.05, 3.63) is 66.6 Å². The lowest BCUT2D eigenvalue weighted by Crippen LogP contribution is -2.28. The number of benzene rings is 1. The molecule has 1 aromatic carbocycles. The van der Waals surface area contributed by atoms with E-state index in [9.17, 15) is 9.59 Å². The van der Waals surface area contributed by atoms with Crippen LogP contribution in [0.3, 0.4) is 0 Å². The lowest BCUT2D eigenvalue weighted by atomic mass is 10.2. The maximum absolute atomic E-state index is 12.3. The Kier molecular flexibility index (Phi) is 5.01. The van der Waals surface area contributed by atoms with E-state index in [1.807, 2.05) is 18.2 Å². The number of urea groups is 1. The minimum atomic E-state index is -0.346. The van der Waals surface area contributed by atoms with E-state index in [0.29, 0.717) is 23.7 Å². The summed E-state index contributed by atoms with van der Waals surface area (Å²) in [5.74, 6) is 0.824. The number of nitrogens with zero attached hydrogens (tertiary/aromatic N) is 3. The molecule has 1 saturated carbocycles. The number of hydrogen-bond acceptors (Lipinski definition) is 4. The number of rotatable bonds is 6. The number of carbonyl (C=O) groups is 2. The second-order valence-electron chi connectivity index (χ2n) is 6.59. The highest BCUT2D eigenvalue weighted by molar-refractivity contribution is 5.95. The Labute approximate surface area is 162 Å². The number of carbonyl (C=O) groups excluding carboxylic acids is 2. The molecule has 3 aromatic rings. The third-order valence-electron chi connectivity index (χ3n) is 4.36. The molecule has 1 aliphatic rings. The number of anilines is 2. The van der Waals surface area contributed by atoms with Crippen molar-refractivity contribution in [2.45, 2.75) is 19.4 Å². The fourth-order valence-corrected chi connectivity index (χ4v) is 2.78. The Morgan fingerprint density at radius 1 is 1.04 bits per heavy atom. The molecule has 0 spiro atoms. The molecular weight excluding hydrogens is 356 g/mol. The number of amides is 3. The molecule has 0 radical (unpaired) electrons. The number of hydrogen-bond donors (Lipinski definition) is 3. The van der Waals surface area contributed by atoms with Gasteiger partial charge in [-0.3, -0.25) is 4.79 Å². The van der Waals surface area contributed by atoms with Gasteiger partial charge in [-0.1, -0.05) is 12.1 Å². The molecule has 2 aromatic heterocycles. The van der Waals surface area contributed by atoms with E-state index in [-0.39, 0.29) is 17.9 Å². The van der Waals surface area contributed by atoms with Gasteiger partial charge in [0, 0.05) is 48.0 Å². The Morgan fingerprint density at radius 3 is 2.61 bits per heavy atom. The molecule has 2 heterocycles. The first kappa shape index (κ1) is 17.7. The highest BCUT2D eigenvalue weighted by Crippen LogP contribution is 2.30. The van der Waals surface area contributed by atoms with Crippen molar-refractivity contribution < 1.29 is 9.59 Å². The fourth-order valence-electron chi connectivity index (χ4n) is 2.78. The highest BCUT2D eigenvalue weighted by atomic mass is 16.2. The lowest BCUT2D eigenvalue weighted by Gasteiger charge is -2.11. The summed E-state index contributed by atoms with van der Waals surface area (Å²) in [6.45, 7) is 0.299. The summed E-state index contributed by atoms with van der Waals surface area (Å²) in [4.78, 5) is 28.5. The van der Waals surface area contributed by atoms with Gasteiger partial charge in [0.05, 0.1) is 0 Å². The smallest absolute Gasteiger partial charge is 0.319 e. The van der Waals surface area contributed by atoms with Crippen molar-refractivity contribution in [2.75, 3.05) is 10.6 Å². The van der Waals surface area contributed by atoms with E-state index in [2.05, 4.69) is 26.0 Å².